The predicted octanol–water partition coefficient (Wildman–Crippen LogP) is 14.6. The van der Waals surface area contributed by atoms with Gasteiger partial charge in [-0.2, -0.15) is 0 Å². The van der Waals surface area contributed by atoms with Crippen LogP contribution in [0.25, 0.3) is 0 Å². The summed E-state index contributed by atoms with van der Waals surface area (Å²) in [7, 11) is -3.20. The standard InChI is InChI=1S/C46H87O8P/c1-4-6-8-10-12-14-16-18-20-22-23-24-25-27-28-30-32-34-36-38-40-45(47)52-42-44(43-53-55(49,50)51-3)54-46(48)41-39-37-35-33-31-29-26-21-19-17-15-13-11-9-7-5-2/h15,17,21,26,44H,4-14,16,18-20,22-25,27-43H2,1-3H3,(H,49,50)/b17-15-,26-21-. The van der Waals surface area contributed by atoms with Crippen LogP contribution in [0.2, 0.25) is 0 Å². The van der Waals surface area contributed by atoms with E-state index in [1.54, 1.807) is 0 Å². The third-order valence-electron chi connectivity index (χ3n) is 10.2. The number of carbonyl (C=O) groups is 2. The fourth-order valence-electron chi connectivity index (χ4n) is 6.63. The molecule has 2 atom stereocenters. The van der Waals surface area contributed by atoms with Crippen molar-refractivity contribution in [2.24, 2.45) is 0 Å². The maximum Gasteiger partial charge on any atom is 0.472 e. The summed E-state index contributed by atoms with van der Waals surface area (Å²) in [5.74, 6) is -0.809. The van der Waals surface area contributed by atoms with Gasteiger partial charge in [0.25, 0.3) is 0 Å². The summed E-state index contributed by atoms with van der Waals surface area (Å²) in [6.45, 7) is 3.89. The molecular weight excluding hydrogens is 711 g/mol. The van der Waals surface area contributed by atoms with E-state index in [0.717, 1.165) is 64.9 Å². The molecule has 55 heavy (non-hydrogen) atoms. The van der Waals surface area contributed by atoms with Crippen LogP contribution < -0.4 is 0 Å². The van der Waals surface area contributed by atoms with Gasteiger partial charge in [-0.25, -0.2) is 4.57 Å². The topological polar surface area (TPSA) is 108 Å². The van der Waals surface area contributed by atoms with Crippen molar-refractivity contribution < 1.29 is 37.6 Å². The molecule has 0 rings (SSSR count). The highest BCUT2D eigenvalue weighted by Crippen LogP contribution is 2.42. The van der Waals surface area contributed by atoms with E-state index in [2.05, 4.69) is 42.7 Å². The van der Waals surface area contributed by atoms with Crippen LogP contribution in [0.3, 0.4) is 0 Å². The van der Waals surface area contributed by atoms with Gasteiger partial charge in [0.1, 0.15) is 6.61 Å². The van der Waals surface area contributed by atoms with Gasteiger partial charge >= 0.3 is 19.8 Å². The molecule has 0 saturated heterocycles. The normalized spacial score (nSPS) is 13.5. The number of phosphoric acid groups is 1. The number of unbranched alkanes of at least 4 members (excludes halogenated alkanes) is 28. The van der Waals surface area contributed by atoms with Gasteiger partial charge in [0.05, 0.1) is 6.61 Å². The molecule has 8 nitrogen and oxygen atoms in total. The monoisotopic (exact) mass is 799 g/mol. The second kappa shape index (κ2) is 42.1. The highest BCUT2D eigenvalue weighted by molar-refractivity contribution is 7.47. The summed E-state index contributed by atoms with van der Waals surface area (Å²) >= 11 is 0. The summed E-state index contributed by atoms with van der Waals surface area (Å²) in [5.41, 5.74) is 0. The summed E-state index contributed by atoms with van der Waals surface area (Å²) in [4.78, 5) is 34.5. The van der Waals surface area contributed by atoms with E-state index >= 15 is 0 Å². The largest absolute Gasteiger partial charge is 0.472 e. The first kappa shape index (κ1) is 53.5. The Hall–Kier alpha value is -1.47. The van der Waals surface area contributed by atoms with Crippen molar-refractivity contribution in [2.75, 3.05) is 20.3 Å². The Bertz CT molecular complexity index is 952. The lowest BCUT2D eigenvalue weighted by molar-refractivity contribution is -0.161. The average molecular weight is 799 g/mol. The number of esters is 2. The summed E-state index contributed by atoms with van der Waals surface area (Å²) in [5, 5.41) is 0. The van der Waals surface area contributed by atoms with Gasteiger partial charge in [-0.15, -0.1) is 0 Å². The van der Waals surface area contributed by atoms with Crippen molar-refractivity contribution in [1.29, 1.82) is 0 Å². The lowest BCUT2D eigenvalue weighted by Crippen LogP contribution is -2.29. The quantitative estimate of drug-likeness (QED) is 0.0281. The maximum atomic E-state index is 12.5. The molecule has 0 bridgehead atoms. The van der Waals surface area contributed by atoms with E-state index < -0.39 is 26.5 Å². The van der Waals surface area contributed by atoms with E-state index in [9.17, 15) is 19.0 Å². The Balaban J connectivity index is 3.93. The zero-order valence-electron chi connectivity index (χ0n) is 36.1. The van der Waals surface area contributed by atoms with Crippen LogP contribution in [0.4, 0.5) is 0 Å². The van der Waals surface area contributed by atoms with Crippen LogP contribution in [-0.4, -0.2) is 43.3 Å². The zero-order chi connectivity index (χ0) is 40.3. The van der Waals surface area contributed by atoms with Crippen molar-refractivity contribution in [1.82, 2.24) is 0 Å². The molecule has 0 aromatic heterocycles. The predicted molar refractivity (Wildman–Crippen MR) is 230 cm³/mol. The van der Waals surface area contributed by atoms with Gasteiger partial charge in [0.2, 0.25) is 0 Å². The third kappa shape index (κ3) is 42.0. The van der Waals surface area contributed by atoms with Crippen LogP contribution in [0.15, 0.2) is 24.3 Å². The number of hydrogen-bond acceptors (Lipinski definition) is 7. The molecule has 2 unspecified atom stereocenters. The number of rotatable bonds is 43. The van der Waals surface area contributed by atoms with Gasteiger partial charge in [-0.05, 0) is 44.9 Å². The molecule has 0 fully saturated rings. The molecule has 0 amide bonds. The molecule has 0 saturated carbocycles. The number of allylic oxidation sites excluding steroid dienone is 4. The van der Waals surface area contributed by atoms with Gasteiger partial charge in [0, 0.05) is 20.0 Å². The van der Waals surface area contributed by atoms with E-state index in [1.807, 2.05) is 0 Å². The van der Waals surface area contributed by atoms with Crippen molar-refractivity contribution in [3.8, 4) is 0 Å². The molecule has 0 aliphatic heterocycles. The summed E-state index contributed by atoms with van der Waals surface area (Å²) in [6.07, 6.45) is 48.0. The molecule has 0 aromatic rings. The van der Waals surface area contributed by atoms with Crippen LogP contribution in [0.1, 0.15) is 232 Å². The van der Waals surface area contributed by atoms with Crippen LogP contribution in [0, 0.1) is 0 Å². The van der Waals surface area contributed by atoms with Crippen molar-refractivity contribution in [3.63, 3.8) is 0 Å². The lowest BCUT2D eigenvalue weighted by atomic mass is 10.0. The first-order valence-corrected chi connectivity index (χ1v) is 24.5. The van der Waals surface area contributed by atoms with Crippen LogP contribution >= 0.6 is 7.82 Å². The molecule has 0 spiro atoms. The smallest absolute Gasteiger partial charge is 0.462 e. The fraction of sp³-hybridized carbons (Fsp3) is 0.870. The number of phosphoric ester groups is 1. The van der Waals surface area contributed by atoms with E-state index in [0.29, 0.717) is 12.8 Å². The SMILES string of the molecule is CCCCCC/C=C\C/C=C\CCCCCCCC(=O)OC(COC(=O)CCCCCCCCCCCCCCCCCCCCCC)COP(=O)(O)OC. The summed E-state index contributed by atoms with van der Waals surface area (Å²) in [6, 6.07) is 0. The van der Waals surface area contributed by atoms with Crippen LogP contribution in [0.5, 0.6) is 0 Å². The zero-order valence-corrected chi connectivity index (χ0v) is 37.0. The fourth-order valence-corrected chi connectivity index (χ4v) is 7.09. The Morgan fingerprint density at radius 1 is 0.509 bits per heavy atom. The molecule has 0 radical (unpaired) electrons. The minimum Gasteiger partial charge on any atom is -0.462 e. The number of ether oxygens (including phenoxy) is 2. The Morgan fingerprint density at radius 3 is 1.29 bits per heavy atom. The van der Waals surface area contributed by atoms with Gasteiger partial charge in [-0.1, -0.05) is 199 Å². The first-order chi connectivity index (χ1) is 26.8. The Kier molecular flexibility index (Phi) is 41.0. The highest BCUT2D eigenvalue weighted by Gasteiger charge is 2.24. The molecule has 0 aliphatic rings. The molecule has 0 aromatic carbocycles. The Labute approximate surface area is 339 Å². The molecule has 0 aliphatic carbocycles. The first-order valence-electron chi connectivity index (χ1n) is 23.0. The molecule has 0 heterocycles. The molecule has 1 N–H and O–H groups in total. The minimum atomic E-state index is -4.26. The average Bonchev–Trinajstić information content (AvgIpc) is 3.18. The van der Waals surface area contributed by atoms with E-state index in [-0.39, 0.29) is 19.0 Å². The highest BCUT2D eigenvalue weighted by atomic mass is 31.2. The van der Waals surface area contributed by atoms with Crippen LogP contribution in [-0.2, 0) is 32.7 Å². The second-order valence-corrected chi connectivity index (χ2v) is 17.1. The molecular formula is C46H87O8P. The number of hydrogen-bond donors (Lipinski definition) is 1. The van der Waals surface area contributed by atoms with Gasteiger partial charge in [0.15, 0.2) is 6.10 Å². The van der Waals surface area contributed by atoms with E-state index in [4.69, 9.17) is 14.0 Å². The van der Waals surface area contributed by atoms with Crippen molar-refractivity contribution in [3.05, 3.63) is 24.3 Å². The third-order valence-corrected chi connectivity index (χ3v) is 11.1. The maximum absolute atomic E-state index is 12.5. The number of carbonyl (C=O) groups excluding carboxylic acids is 2. The second-order valence-electron chi connectivity index (χ2n) is 15.5. The van der Waals surface area contributed by atoms with Gasteiger partial charge in [-0.3, -0.25) is 18.6 Å². The van der Waals surface area contributed by atoms with Gasteiger partial charge < -0.3 is 14.4 Å². The molecule has 324 valence electrons. The minimum absolute atomic E-state index is 0.226. The Morgan fingerprint density at radius 2 is 0.873 bits per heavy atom. The lowest BCUT2D eigenvalue weighted by Gasteiger charge is -2.19. The van der Waals surface area contributed by atoms with E-state index in [1.165, 1.54) is 141 Å². The van der Waals surface area contributed by atoms with Crippen molar-refractivity contribution >= 4 is 19.8 Å². The summed E-state index contributed by atoms with van der Waals surface area (Å²) < 4.78 is 32.0. The molecule has 9 heteroatoms. The van der Waals surface area contributed by atoms with Crippen molar-refractivity contribution in [2.45, 2.75) is 238 Å².